The molecule has 0 N–H and O–H groups in total. The van der Waals surface area contributed by atoms with Gasteiger partial charge in [0.1, 0.15) is 18.0 Å². The minimum Gasteiger partial charge on any atom is -0.497 e. The lowest BCUT2D eigenvalue weighted by molar-refractivity contribution is -0.154. The van der Waals surface area contributed by atoms with Crippen molar-refractivity contribution >= 4 is 41.1 Å². The summed E-state index contributed by atoms with van der Waals surface area (Å²) in [5, 5.41) is 2.25. The summed E-state index contributed by atoms with van der Waals surface area (Å²) < 4.78 is 10.7. The Morgan fingerprint density at radius 2 is 1.18 bits per heavy atom. The molecule has 0 saturated carbocycles. The molecule has 5 aromatic carbocycles. The second-order valence-corrected chi connectivity index (χ2v) is 13.1. The first-order chi connectivity index (χ1) is 24.7. The van der Waals surface area contributed by atoms with Crippen LogP contribution in [0.3, 0.4) is 0 Å². The smallest absolute Gasteiger partial charge is 0.343 e. The molecule has 1 aliphatic heterocycles. The fraction of sp³-hybridized carbons (Fsp3) is 0.146. The molecule has 0 unspecified atom stereocenters. The first-order valence-electron chi connectivity index (χ1n) is 16.4. The van der Waals surface area contributed by atoms with Crippen molar-refractivity contribution in [1.29, 1.82) is 0 Å². The van der Waals surface area contributed by atoms with Crippen LogP contribution in [0.5, 0.6) is 11.5 Å². The lowest BCUT2D eigenvalue weighted by Gasteiger charge is -2.45. The Bertz CT molecular complexity index is 2140. The predicted molar refractivity (Wildman–Crippen MR) is 187 cm³/mol. The van der Waals surface area contributed by atoms with E-state index in [9.17, 15) is 24.0 Å². The van der Waals surface area contributed by atoms with Gasteiger partial charge in [0.05, 0.1) is 24.5 Å². The van der Waals surface area contributed by atoms with Crippen LogP contribution in [0.4, 0.5) is 0 Å². The lowest BCUT2D eigenvalue weighted by Crippen LogP contribution is -2.52. The van der Waals surface area contributed by atoms with E-state index in [1.807, 2.05) is 48.5 Å². The van der Waals surface area contributed by atoms with Gasteiger partial charge in [0.2, 0.25) is 0 Å². The van der Waals surface area contributed by atoms with Gasteiger partial charge in [-0.15, -0.1) is 0 Å². The number of benzene rings is 5. The van der Waals surface area contributed by atoms with Crippen LogP contribution in [0.1, 0.15) is 65.2 Å². The maximum absolute atomic E-state index is 14.5. The molecule has 0 aromatic heterocycles. The molecule has 9 rings (SSSR count). The van der Waals surface area contributed by atoms with Crippen LogP contribution < -0.4 is 9.47 Å². The van der Waals surface area contributed by atoms with E-state index >= 15 is 0 Å². The number of imide groups is 1. The van der Waals surface area contributed by atoms with Crippen LogP contribution in [0.25, 0.3) is 0 Å². The number of ether oxygens (including phenoxy) is 2. The molecule has 252 valence electrons. The molecule has 0 spiro atoms. The molecule has 2 bridgehead atoms. The van der Waals surface area contributed by atoms with Gasteiger partial charge in [-0.3, -0.25) is 19.2 Å². The fourth-order valence-corrected chi connectivity index (χ4v) is 7.85. The number of hydrogen-bond acceptors (Lipinski definition) is 7. The van der Waals surface area contributed by atoms with E-state index in [4.69, 9.17) is 21.1 Å². The Morgan fingerprint density at radius 3 is 1.71 bits per heavy atom. The highest BCUT2D eigenvalue weighted by Gasteiger charge is 2.63. The molecule has 2 atom stereocenters. The van der Waals surface area contributed by atoms with Gasteiger partial charge in [-0.2, -0.15) is 5.01 Å². The summed E-state index contributed by atoms with van der Waals surface area (Å²) in [5.41, 5.74) is 4.58. The van der Waals surface area contributed by atoms with Crippen molar-refractivity contribution in [3.63, 3.8) is 0 Å². The molecule has 0 radical (unpaired) electrons. The number of esters is 1. The van der Waals surface area contributed by atoms with Gasteiger partial charge >= 0.3 is 5.97 Å². The monoisotopic (exact) mass is 696 g/mol. The zero-order chi connectivity index (χ0) is 35.4. The summed E-state index contributed by atoms with van der Waals surface area (Å²) in [5.74, 6) is -4.48. The van der Waals surface area contributed by atoms with Crippen molar-refractivity contribution in [3.8, 4) is 11.5 Å². The average molecular weight is 697 g/mol. The molecule has 5 aromatic rings. The van der Waals surface area contributed by atoms with Gasteiger partial charge in [-0.1, -0.05) is 66.2 Å². The van der Waals surface area contributed by atoms with Crippen molar-refractivity contribution in [2.75, 3.05) is 13.7 Å². The van der Waals surface area contributed by atoms with Crippen LogP contribution in [0.15, 0.2) is 121 Å². The Labute approximate surface area is 297 Å². The van der Waals surface area contributed by atoms with E-state index in [2.05, 4.69) is 0 Å². The minimum absolute atomic E-state index is 0.150. The number of methoxy groups -OCH3 is 1. The van der Waals surface area contributed by atoms with Crippen molar-refractivity contribution in [1.82, 2.24) is 10.0 Å². The number of nitrogens with zero attached hydrogens (tertiary/aromatic N) is 2. The maximum atomic E-state index is 14.5. The first kappa shape index (κ1) is 32.2. The summed E-state index contributed by atoms with van der Waals surface area (Å²) in [7, 11) is 1.49. The van der Waals surface area contributed by atoms with Crippen LogP contribution in [-0.4, -0.2) is 53.1 Å². The minimum atomic E-state index is -0.749. The predicted octanol–water partition coefficient (Wildman–Crippen LogP) is 6.70. The lowest BCUT2D eigenvalue weighted by atomic mass is 9.55. The van der Waals surface area contributed by atoms with Crippen LogP contribution >= 0.6 is 11.6 Å². The van der Waals surface area contributed by atoms with Crippen molar-refractivity contribution in [2.45, 2.75) is 11.8 Å². The molecule has 3 amide bonds. The van der Waals surface area contributed by atoms with E-state index in [-0.39, 0.29) is 34.3 Å². The Morgan fingerprint density at radius 1 is 0.647 bits per heavy atom. The molecule has 1 fully saturated rings. The molecular weight excluding hydrogens is 668 g/mol. The fourth-order valence-electron chi connectivity index (χ4n) is 7.73. The molecule has 4 aliphatic rings. The highest BCUT2D eigenvalue weighted by molar-refractivity contribution is 6.30. The van der Waals surface area contributed by atoms with E-state index in [1.54, 1.807) is 24.3 Å². The summed E-state index contributed by atoms with van der Waals surface area (Å²) in [6.45, 7) is -0.601. The van der Waals surface area contributed by atoms with Crippen LogP contribution in [0.2, 0.25) is 5.02 Å². The summed E-state index contributed by atoms with van der Waals surface area (Å²) in [6.07, 6.45) is 0. The molecule has 1 saturated heterocycles. The topological polar surface area (TPSA) is 110 Å². The van der Waals surface area contributed by atoms with Crippen molar-refractivity contribution < 1.29 is 33.4 Å². The van der Waals surface area contributed by atoms with Gasteiger partial charge in [0.15, 0.2) is 5.78 Å². The number of carbonyl (C=O) groups excluding carboxylic acids is 5. The molecule has 51 heavy (non-hydrogen) atoms. The number of hydrazine groups is 1. The Kier molecular flexibility index (Phi) is 8.00. The number of Topliss-reactive ketones (excluding diaryl/α,β-unsaturated/α-hetero) is 1. The van der Waals surface area contributed by atoms with Gasteiger partial charge in [-0.05, 0) is 89.0 Å². The largest absolute Gasteiger partial charge is 0.497 e. The quantitative estimate of drug-likeness (QED) is 0.0769. The Balaban J connectivity index is 1.10. The molecule has 10 heteroatoms. The molecule has 1 heterocycles. The van der Waals surface area contributed by atoms with Crippen molar-refractivity contribution in [2.24, 2.45) is 11.8 Å². The van der Waals surface area contributed by atoms with E-state index in [0.29, 0.717) is 10.8 Å². The zero-order valence-corrected chi connectivity index (χ0v) is 27.9. The standard InChI is InChI=1S/C41H29ClN2O7/c1-50-28-8-6-7-25(21-28)41(49)51-27-19-15-23(16-20-27)33(45)22-43(38(46)24-13-17-26(42)18-14-24)44-39(47)36-34-29-9-2-3-10-30(29)35(37(36)40(44)48)32-12-5-4-11-31(32)34/h2-21,34-37H,22H2,1H3/t34?,35?,36-,37-/m1/s1. The summed E-state index contributed by atoms with van der Waals surface area (Å²) in [6, 6.07) is 34.1. The third-order valence-electron chi connectivity index (χ3n) is 9.98. The second-order valence-electron chi connectivity index (χ2n) is 12.7. The summed E-state index contributed by atoms with van der Waals surface area (Å²) >= 11 is 6.10. The number of hydrogen-bond donors (Lipinski definition) is 0. The highest BCUT2D eigenvalue weighted by Crippen LogP contribution is 2.61. The second kappa shape index (κ2) is 12.7. The number of ketones is 1. The average Bonchev–Trinajstić information content (AvgIpc) is 3.43. The number of halogens is 1. The number of amides is 3. The molecule has 3 aliphatic carbocycles. The van der Waals surface area contributed by atoms with Crippen LogP contribution in [-0.2, 0) is 9.59 Å². The number of rotatable bonds is 8. The summed E-state index contributed by atoms with van der Waals surface area (Å²) in [4.78, 5) is 69.9. The van der Waals surface area contributed by atoms with E-state index in [0.717, 1.165) is 32.3 Å². The van der Waals surface area contributed by atoms with Gasteiger partial charge in [-0.25, -0.2) is 9.80 Å². The maximum Gasteiger partial charge on any atom is 0.343 e. The van der Waals surface area contributed by atoms with Gasteiger partial charge in [0.25, 0.3) is 17.7 Å². The number of carbonyl (C=O) groups is 5. The van der Waals surface area contributed by atoms with Crippen LogP contribution in [0, 0.1) is 11.8 Å². The zero-order valence-electron chi connectivity index (χ0n) is 27.2. The van der Waals surface area contributed by atoms with Crippen molar-refractivity contribution in [3.05, 3.63) is 165 Å². The van der Waals surface area contributed by atoms with Gasteiger partial charge in [0, 0.05) is 28.0 Å². The first-order valence-corrected chi connectivity index (χ1v) is 16.7. The molecule has 9 nitrogen and oxygen atoms in total. The van der Waals surface area contributed by atoms with E-state index in [1.165, 1.54) is 55.6 Å². The molecular formula is C41H29ClN2O7. The Hall–Kier alpha value is -6.06. The normalized spacial score (nSPS) is 19.5. The third kappa shape index (κ3) is 5.37. The SMILES string of the molecule is COc1cccc(C(=O)Oc2ccc(C(=O)CN(C(=O)c3ccc(Cl)cc3)N3C(=O)[C@@H]4C5c6ccccc6C(c6ccccc65)[C@H]4C3=O)cc2)c1. The third-order valence-corrected chi connectivity index (χ3v) is 10.2. The van der Waals surface area contributed by atoms with Gasteiger partial charge < -0.3 is 9.47 Å². The highest BCUT2D eigenvalue weighted by atomic mass is 35.5. The van der Waals surface area contributed by atoms with E-state index < -0.39 is 47.9 Å².